The fourth-order valence-electron chi connectivity index (χ4n) is 13.8. The molecule has 0 aromatic carbocycles. The van der Waals surface area contributed by atoms with Crippen LogP contribution in [0, 0.1) is 33.0 Å². The van der Waals surface area contributed by atoms with Gasteiger partial charge in [-0.15, -0.1) is 0 Å². The largest absolute Gasteiger partial charge is 0.344 e. The van der Waals surface area contributed by atoms with Crippen molar-refractivity contribution in [3.05, 3.63) is 0 Å². The molecule has 0 aliphatic carbocycles. The normalized spacial score (nSPS) is 28.5. The number of nitrogens with zero attached hydrogens (tertiary/aromatic N) is 6. The molecule has 0 saturated carbocycles. The Morgan fingerprint density at radius 3 is 1.27 bits per heavy atom. The molecule has 93 heavy (non-hydrogen) atoms. The number of rotatable bonds is 12. The average Bonchev–Trinajstić information content (AvgIpc) is 1.82. The van der Waals surface area contributed by atoms with Crippen LogP contribution in [0.2, 0.25) is 0 Å². The molecule has 0 aromatic rings. The molecule has 0 bridgehead atoms. The van der Waals surface area contributed by atoms with Crippen molar-refractivity contribution >= 4 is 47.2 Å². The van der Waals surface area contributed by atoms with E-state index in [4.69, 9.17) is 0 Å². The Morgan fingerprint density at radius 2 is 0.860 bits per heavy atom. The van der Waals surface area contributed by atoms with Crippen molar-refractivity contribution < 1.29 is 28.8 Å². The van der Waals surface area contributed by atoms with E-state index in [2.05, 4.69) is 185 Å². The number of hydrogen-bond donors (Lipinski definition) is 6. The summed E-state index contributed by atoms with van der Waals surface area (Å²) in [6.07, 6.45) is 17.2. The molecule has 8 unspecified atom stereocenters. The van der Waals surface area contributed by atoms with E-state index < -0.39 is 0 Å². The highest BCUT2D eigenvalue weighted by Crippen LogP contribution is 2.37. The van der Waals surface area contributed by atoms with E-state index in [0.29, 0.717) is 23.1 Å². The third-order valence-electron chi connectivity index (χ3n) is 21.4. The van der Waals surface area contributed by atoms with Gasteiger partial charge in [-0.1, -0.05) is 89.5 Å². The number of thioether (sulfide) groups is 1. The van der Waals surface area contributed by atoms with Crippen molar-refractivity contribution in [3.63, 3.8) is 0 Å². The predicted octanol–water partition coefficient (Wildman–Crippen LogP) is 10.3. The number of nitrogens with one attached hydrogen (secondary N) is 6. The van der Waals surface area contributed by atoms with Crippen molar-refractivity contribution in [1.29, 1.82) is 0 Å². The second-order valence-corrected chi connectivity index (χ2v) is 35.6. The first-order valence-corrected chi connectivity index (χ1v) is 37.4. The number of amides is 6. The van der Waals surface area contributed by atoms with Crippen LogP contribution < -0.4 is 31.9 Å². The van der Waals surface area contributed by atoms with Gasteiger partial charge in [-0.05, 0) is 233 Å². The van der Waals surface area contributed by atoms with Gasteiger partial charge in [-0.25, -0.2) is 0 Å². The summed E-state index contributed by atoms with van der Waals surface area (Å²) >= 11 is 2.06. The predicted molar refractivity (Wildman–Crippen MR) is 392 cm³/mol. The molecule has 6 amide bonds. The fourth-order valence-corrected chi connectivity index (χ4v) is 15.2. The minimum Gasteiger partial charge on any atom is -0.344 e. The molecular formula is C74H146N12O6S. The first kappa shape index (κ1) is 86.0. The SMILES string of the molecule is CCC(C)(C)N1CCC(C)(C)CC(NC)C1=O.CCN1CCC(C)(C)CC(NC)C1=O.CNC1CC(C)(C)CCN(C(C)(C)C)C1=O.CNC1CC(C)(C)CCN(C(C)C)C1=O.CNC1CC(C)(C)CCN(C)C1=O.CNC1CC(C)CCN(CC2CCCCS2)C1=O. The number of hydrogen-bond acceptors (Lipinski definition) is 13. The van der Waals surface area contributed by atoms with E-state index in [1.54, 1.807) is 0 Å². The standard InChI is InChI=1S/C14H26N2OS.C14H28N2O.C13H26N2O.C12H24N2O.C11H22N2O.C10H20N2O/c1-11-6-7-16(14(17)13(9-11)15-2)10-12-5-3-4-8-18-12;1-7-14(4,5)16-9-8-13(2,3)10-11(15-6)12(16)17;1-12(2,3)15-8-7-13(4,5)9-10(14-6)11(15)16;1-9(2)14-7-6-12(3,4)8-10(13-5)11(14)15;1-5-13-7-6-11(2,3)8-9(12-4)10(13)14;1-10(2)5-6-12(4)9(13)8(7-10)11-3/h11-13,15H,3-10H2,1-2H3;11,15H,7-10H2,1-6H3;10,14H,7-9H2,1-6H3;9-10,13H,6-8H2,1-5H3;9,12H,5-8H2,1-4H3;8,11H,5-7H2,1-4H3. The van der Waals surface area contributed by atoms with Crippen LogP contribution in [0.3, 0.4) is 0 Å². The first-order chi connectivity index (χ1) is 42.9. The van der Waals surface area contributed by atoms with E-state index >= 15 is 0 Å². The lowest BCUT2D eigenvalue weighted by molar-refractivity contribution is -0.138. The summed E-state index contributed by atoms with van der Waals surface area (Å²) in [5.41, 5.74) is 1.17. The lowest BCUT2D eigenvalue weighted by atomic mass is 9.83. The summed E-state index contributed by atoms with van der Waals surface area (Å²) < 4.78 is 0. The van der Waals surface area contributed by atoms with Crippen LogP contribution in [0.4, 0.5) is 0 Å². The Labute approximate surface area is 574 Å². The number of carbonyl (C=O) groups excluding carboxylic acids is 6. The Morgan fingerprint density at radius 1 is 0.473 bits per heavy atom. The van der Waals surface area contributed by atoms with Gasteiger partial charge in [0.1, 0.15) is 0 Å². The quantitative estimate of drug-likeness (QED) is 0.108. The molecule has 6 N–H and O–H groups in total. The minimum atomic E-state index is -0.0768. The maximum atomic E-state index is 12.5. The zero-order valence-electron chi connectivity index (χ0n) is 64.9. The third-order valence-corrected chi connectivity index (χ3v) is 22.7. The highest BCUT2D eigenvalue weighted by Gasteiger charge is 2.42. The molecule has 18 nitrogen and oxygen atoms in total. The van der Waals surface area contributed by atoms with E-state index in [-0.39, 0.29) is 104 Å². The van der Waals surface area contributed by atoms with Crippen molar-refractivity contribution in [2.24, 2.45) is 33.0 Å². The van der Waals surface area contributed by atoms with E-state index in [0.717, 1.165) is 136 Å². The molecular weight excluding hydrogens is 1180 g/mol. The monoisotopic (exact) mass is 1330 g/mol. The van der Waals surface area contributed by atoms with E-state index in [1.165, 1.54) is 25.0 Å². The molecule has 8 atom stereocenters. The van der Waals surface area contributed by atoms with Crippen LogP contribution in [0.1, 0.15) is 241 Å². The maximum Gasteiger partial charge on any atom is 0.240 e. The molecule has 0 aromatic heterocycles. The Kier molecular flexibility index (Phi) is 35.5. The van der Waals surface area contributed by atoms with Crippen LogP contribution in [0.15, 0.2) is 0 Å². The van der Waals surface area contributed by atoms with Crippen molar-refractivity contribution in [2.45, 2.75) is 300 Å². The molecule has 544 valence electrons. The average molecular weight is 1330 g/mol. The van der Waals surface area contributed by atoms with Gasteiger partial charge in [-0.3, -0.25) is 28.8 Å². The number of likely N-dealkylation sites (tertiary alicyclic amines) is 6. The summed E-state index contributed by atoms with van der Waals surface area (Å²) in [6.45, 7) is 50.9. The smallest absolute Gasteiger partial charge is 0.240 e. The second-order valence-electron chi connectivity index (χ2n) is 34.2. The van der Waals surface area contributed by atoms with Crippen LogP contribution in [0.5, 0.6) is 0 Å². The van der Waals surface area contributed by atoms with Crippen LogP contribution in [0.25, 0.3) is 0 Å². The number of carbonyl (C=O) groups is 6. The highest BCUT2D eigenvalue weighted by molar-refractivity contribution is 7.99. The molecule has 7 fully saturated rings. The van der Waals surface area contributed by atoms with Gasteiger partial charge < -0.3 is 61.3 Å². The molecule has 0 spiro atoms. The van der Waals surface area contributed by atoms with Gasteiger partial charge in [0, 0.05) is 81.8 Å². The lowest BCUT2D eigenvalue weighted by Crippen LogP contribution is -2.53. The topological polar surface area (TPSA) is 194 Å². The van der Waals surface area contributed by atoms with Gasteiger partial charge >= 0.3 is 0 Å². The Bertz CT molecular complexity index is 2280. The molecule has 19 heteroatoms. The van der Waals surface area contributed by atoms with Crippen LogP contribution in [-0.2, 0) is 28.8 Å². The molecule has 7 aliphatic rings. The molecule has 7 heterocycles. The van der Waals surface area contributed by atoms with Crippen molar-refractivity contribution in [2.75, 3.05) is 107 Å². The van der Waals surface area contributed by atoms with Crippen molar-refractivity contribution in [3.8, 4) is 0 Å². The summed E-state index contributed by atoms with van der Waals surface area (Å²) in [5, 5.41) is 19.6. The first-order valence-electron chi connectivity index (χ1n) is 36.4. The van der Waals surface area contributed by atoms with Gasteiger partial charge in [-0.2, -0.15) is 11.8 Å². The summed E-state index contributed by atoms with van der Waals surface area (Å²) in [7, 11) is 13.2. The van der Waals surface area contributed by atoms with Crippen molar-refractivity contribution in [1.82, 2.24) is 61.3 Å². The molecule has 7 saturated heterocycles. The van der Waals surface area contributed by atoms with E-state index in [9.17, 15) is 28.8 Å². The lowest BCUT2D eigenvalue weighted by Gasteiger charge is -2.38. The Hall–Kier alpha value is -3.07. The van der Waals surface area contributed by atoms with E-state index in [1.807, 2.05) is 75.9 Å². The van der Waals surface area contributed by atoms with Gasteiger partial charge in [0.05, 0.1) is 36.3 Å². The van der Waals surface area contributed by atoms with Gasteiger partial charge in [0.2, 0.25) is 35.4 Å². The van der Waals surface area contributed by atoms with Gasteiger partial charge in [0.25, 0.3) is 0 Å². The second kappa shape index (κ2) is 38.3. The van der Waals surface area contributed by atoms with Gasteiger partial charge in [0.15, 0.2) is 0 Å². The number of likely N-dealkylation sites (N-methyl/N-ethyl adjacent to an activating group) is 8. The van der Waals surface area contributed by atoms with Crippen LogP contribution in [-0.4, -0.2) is 231 Å². The summed E-state index contributed by atoms with van der Waals surface area (Å²) in [5.74, 6) is 3.53. The zero-order valence-corrected chi connectivity index (χ0v) is 65.7. The minimum absolute atomic E-state index is 0.00231. The van der Waals surface area contributed by atoms with Crippen LogP contribution >= 0.6 is 11.8 Å². The highest BCUT2D eigenvalue weighted by atomic mass is 32.2. The maximum absolute atomic E-state index is 12.5. The zero-order chi connectivity index (χ0) is 71.3. The summed E-state index contributed by atoms with van der Waals surface area (Å²) in [6, 6.07) is 0.285. The molecule has 0 radical (unpaired) electrons. The molecule has 7 rings (SSSR count). The summed E-state index contributed by atoms with van der Waals surface area (Å²) in [4.78, 5) is 85.2. The third kappa shape index (κ3) is 28.4. The Balaban J connectivity index is 0.000000381. The molecule has 7 aliphatic heterocycles. The fraction of sp³-hybridized carbons (Fsp3) is 0.919.